The summed E-state index contributed by atoms with van der Waals surface area (Å²) in [6.07, 6.45) is 0. The zero-order valence-electron chi connectivity index (χ0n) is 10.5. The molecule has 5 nitrogen and oxygen atoms in total. The number of hydrogen-bond donors (Lipinski definition) is 1. The molecular weight excluding hydrogens is 232 g/mol. The highest BCUT2D eigenvalue weighted by Crippen LogP contribution is 2.20. The Morgan fingerprint density at radius 3 is 2.78 bits per heavy atom. The van der Waals surface area contributed by atoms with Gasteiger partial charge in [-0.2, -0.15) is 0 Å². The van der Waals surface area contributed by atoms with Crippen LogP contribution in [0.1, 0.15) is 17.3 Å². The van der Waals surface area contributed by atoms with E-state index in [1.807, 2.05) is 11.1 Å². The summed E-state index contributed by atoms with van der Waals surface area (Å²) in [4.78, 5) is 17.5. The molecule has 0 radical (unpaired) electrons. The quantitative estimate of drug-likeness (QED) is 0.810. The van der Waals surface area contributed by atoms with Gasteiger partial charge >= 0.3 is 5.97 Å². The molecule has 1 N–H and O–H groups in total. The molecule has 0 amide bonds. The summed E-state index contributed by atoms with van der Waals surface area (Å²) in [5.74, 6) is 0.209. The predicted octanol–water partition coefficient (Wildman–Crippen LogP) is 1.06. The van der Waals surface area contributed by atoms with Gasteiger partial charge < -0.3 is 14.9 Å². The lowest BCUT2D eigenvalue weighted by molar-refractivity contribution is -0.0672. The molecule has 0 aliphatic carbocycles. The van der Waals surface area contributed by atoms with E-state index in [0.717, 1.165) is 26.2 Å². The molecule has 1 aliphatic rings. The van der Waals surface area contributed by atoms with Crippen molar-refractivity contribution in [2.45, 2.75) is 6.92 Å². The first-order valence-electron chi connectivity index (χ1n) is 6.21. The Balaban J connectivity index is 2.08. The van der Waals surface area contributed by atoms with E-state index in [9.17, 15) is 4.79 Å². The molecule has 1 saturated heterocycles. The normalized spacial score (nSPS) is 16.3. The van der Waals surface area contributed by atoms with Crippen LogP contribution in [0.4, 0.5) is 0 Å². The fraction of sp³-hybridized carbons (Fsp3) is 0.462. The minimum absolute atomic E-state index is 0.344. The van der Waals surface area contributed by atoms with E-state index in [1.54, 1.807) is 25.1 Å². The van der Waals surface area contributed by atoms with Crippen LogP contribution < -0.4 is 10.2 Å². The molecule has 1 aromatic rings. The molecule has 2 rings (SSSR count). The van der Waals surface area contributed by atoms with Gasteiger partial charge in [-0.15, -0.1) is 5.06 Å². The van der Waals surface area contributed by atoms with Gasteiger partial charge in [-0.3, -0.25) is 0 Å². The first kappa shape index (κ1) is 12.9. The number of carbonyl (C=O) groups is 1. The molecule has 0 spiro atoms. The van der Waals surface area contributed by atoms with E-state index >= 15 is 0 Å². The third-order valence-corrected chi connectivity index (χ3v) is 2.69. The smallest absolute Gasteiger partial charge is 0.342 e. The number of piperazine rings is 1. The van der Waals surface area contributed by atoms with E-state index in [4.69, 9.17) is 9.57 Å². The van der Waals surface area contributed by atoms with Crippen LogP contribution in [0.2, 0.25) is 0 Å². The zero-order chi connectivity index (χ0) is 12.8. The summed E-state index contributed by atoms with van der Waals surface area (Å²) < 4.78 is 5.01. The number of nitrogens with zero attached hydrogens (tertiary/aromatic N) is 1. The molecule has 18 heavy (non-hydrogen) atoms. The summed E-state index contributed by atoms with van der Waals surface area (Å²) in [7, 11) is 0. The number of rotatable bonds is 4. The van der Waals surface area contributed by atoms with Crippen molar-refractivity contribution in [2.75, 3.05) is 32.8 Å². The first-order valence-corrected chi connectivity index (χ1v) is 6.21. The molecule has 0 aromatic heterocycles. The van der Waals surface area contributed by atoms with Gasteiger partial charge in [0.25, 0.3) is 0 Å². The third kappa shape index (κ3) is 3.21. The summed E-state index contributed by atoms with van der Waals surface area (Å²) in [5.41, 5.74) is 0.470. The predicted molar refractivity (Wildman–Crippen MR) is 67.5 cm³/mol. The Kier molecular flexibility index (Phi) is 4.55. The van der Waals surface area contributed by atoms with Crippen LogP contribution in [-0.4, -0.2) is 43.8 Å². The Morgan fingerprint density at radius 1 is 1.33 bits per heavy atom. The molecule has 5 heteroatoms. The van der Waals surface area contributed by atoms with Crippen molar-refractivity contribution in [3.05, 3.63) is 29.8 Å². The van der Waals surface area contributed by atoms with Gasteiger partial charge in [0.05, 0.1) is 6.61 Å². The molecule has 98 valence electrons. The molecule has 0 bridgehead atoms. The average Bonchev–Trinajstić information content (AvgIpc) is 2.41. The van der Waals surface area contributed by atoms with Gasteiger partial charge in [0.15, 0.2) is 5.75 Å². The van der Waals surface area contributed by atoms with E-state index in [1.165, 1.54) is 0 Å². The molecule has 1 aromatic carbocycles. The van der Waals surface area contributed by atoms with Gasteiger partial charge in [0.1, 0.15) is 5.56 Å². The molecule has 1 fully saturated rings. The number of esters is 1. The van der Waals surface area contributed by atoms with Crippen LogP contribution in [0.3, 0.4) is 0 Å². The van der Waals surface area contributed by atoms with E-state index in [-0.39, 0.29) is 5.97 Å². The van der Waals surface area contributed by atoms with Crippen molar-refractivity contribution in [1.29, 1.82) is 0 Å². The number of carbonyl (C=O) groups excluding carboxylic acids is 1. The Hall–Kier alpha value is -1.59. The van der Waals surface area contributed by atoms with Crippen molar-refractivity contribution in [2.24, 2.45) is 0 Å². The van der Waals surface area contributed by atoms with Crippen LogP contribution in [-0.2, 0) is 4.74 Å². The topological polar surface area (TPSA) is 50.8 Å². The van der Waals surface area contributed by atoms with Crippen molar-refractivity contribution < 1.29 is 14.4 Å². The van der Waals surface area contributed by atoms with Crippen molar-refractivity contribution in [3.63, 3.8) is 0 Å². The fourth-order valence-electron chi connectivity index (χ4n) is 1.80. The lowest BCUT2D eigenvalue weighted by Gasteiger charge is -2.27. The Bertz CT molecular complexity index is 403. The molecule has 1 aliphatic heterocycles. The Morgan fingerprint density at radius 2 is 2.06 bits per heavy atom. The van der Waals surface area contributed by atoms with E-state index in [2.05, 4.69) is 5.32 Å². The van der Waals surface area contributed by atoms with Crippen LogP contribution >= 0.6 is 0 Å². The molecule has 1 heterocycles. The van der Waals surface area contributed by atoms with Crippen molar-refractivity contribution >= 4 is 5.97 Å². The minimum Gasteiger partial charge on any atom is -0.462 e. The van der Waals surface area contributed by atoms with Gasteiger partial charge in [0, 0.05) is 26.2 Å². The minimum atomic E-state index is -0.344. The summed E-state index contributed by atoms with van der Waals surface area (Å²) >= 11 is 0. The molecule has 0 atom stereocenters. The highest BCUT2D eigenvalue weighted by Gasteiger charge is 2.17. The monoisotopic (exact) mass is 250 g/mol. The van der Waals surface area contributed by atoms with Crippen LogP contribution in [0.5, 0.6) is 5.75 Å². The lowest BCUT2D eigenvalue weighted by Crippen LogP contribution is -2.45. The standard InChI is InChI=1S/C13H18N2O3/c1-2-17-13(16)11-5-3-4-6-12(11)18-15-9-7-14-8-10-15/h3-6,14H,2,7-10H2,1H3. The number of benzene rings is 1. The summed E-state index contributed by atoms with van der Waals surface area (Å²) in [6.45, 7) is 5.54. The number of hydroxylamine groups is 2. The second-order valence-corrected chi connectivity index (χ2v) is 3.99. The fourth-order valence-corrected chi connectivity index (χ4v) is 1.80. The van der Waals surface area contributed by atoms with Gasteiger partial charge in [-0.25, -0.2) is 4.79 Å². The average molecular weight is 250 g/mol. The number of nitrogens with one attached hydrogen (secondary N) is 1. The first-order chi connectivity index (χ1) is 8.81. The van der Waals surface area contributed by atoms with Crippen LogP contribution in [0.25, 0.3) is 0 Å². The molecule has 0 saturated carbocycles. The summed E-state index contributed by atoms with van der Waals surface area (Å²) in [5, 5.41) is 5.10. The maximum absolute atomic E-state index is 11.8. The Labute approximate surface area is 107 Å². The largest absolute Gasteiger partial charge is 0.462 e. The van der Waals surface area contributed by atoms with Gasteiger partial charge in [-0.1, -0.05) is 12.1 Å². The highest BCUT2D eigenvalue weighted by atomic mass is 16.7. The van der Waals surface area contributed by atoms with Crippen LogP contribution in [0, 0.1) is 0 Å². The highest BCUT2D eigenvalue weighted by molar-refractivity contribution is 5.92. The zero-order valence-corrected chi connectivity index (χ0v) is 10.5. The lowest BCUT2D eigenvalue weighted by atomic mass is 10.2. The van der Waals surface area contributed by atoms with E-state index < -0.39 is 0 Å². The second-order valence-electron chi connectivity index (χ2n) is 3.99. The summed E-state index contributed by atoms with van der Waals surface area (Å²) in [6, 6.07) is 7.15. The maximum atomic E-state index is 11.8. The molecule has 0 unspecified atom stereocenters. The molecular formula is C13H18N2O3. The van der Waals surface area contributed by atoms with Gasteiger partial charge in [0.2, 0.25) is 0 Å². The third-order valence-electron chi connectivity index (χ3n) is 2.69. The number of ether oxygens (including phenoxy) is 1. The van der Waals surface area contributed by atoms with Gasteiger partial charge in [-0.05, 0) is 19.1 Å². The van der Waals surface area contributed by atoms with E-state index in [0.29, 0.717) is 17.9 Å². The maximum Gasteiger partial charge on any atom is 0.342 e. The van der Waals surface area contributed by atoms with Crippen molar-refractivity contribution in [3.8, 4) is 5.75 Å². The SMILES string of the molecule is CCOC(=O)c1ccccc1ON1CCNCC1. The van der Waals surface area contributed by atoms with Crippen molar-refractivity contribution in [1.82, 2.24) is 10.4 Å². The second kappa shape index (κ2) is 6.37. The van der Waals surface area contributed by atoms with Crippen LogP contribution in [0.15, 0.2) is 24.3 Å². The number of para-hydroxylation sites is 1. The number of hydrogen-bond acceptors (Lipinski definition) is 5.